The number of aryl methyl sites for hydroxylation is 2. The van der Waals surface area contributed by atoms with Crippen LogP contribution in [0.25, 0.3) is 0 Å². The monoisotopic (exact) mass is 257 g/mol. The molecule has 0 radical (unpaired) electrons. The Morgan fingerprint density at radius 1 is 1.28 bits per heavy atom. The van der Waals surface area contributed by atoms with E-state index in [1.165, 1.54) is 29.5 Å². The Bertz CT molecular complexity index is 512. The largest absolute Gasteiger partial charge is 0.315 e. The Hall–Kier alpha value is -1.12. The molecule has 1 nitrogen and oxygen atoms in total. The molecular weight excluding hydrogens is 238 g/mol. The lowest BCUT2D eigenvalue weighted by atomic mass is 9.71. The Morgan fingerprint density at radius 2 is 2.17 bits per heavy atom. The van der Waals surface area contributed by atoms with Gasteiger partial charge in [0.05, 0.1) is 0 Å². The van der Waals surface area contributed by atoms with Crippen LogP contribution in [-0.2, 0) is 11.8 Å². The molecular formula is C16H19NS. The van der Waals surface area contributed by atoms with Crippen molar-refractivity contribution in [2.24, 2.45) is 0 Å². The van der Waals surface area contributed by atoms with Crippen LogP contribution in [0.4, 0.5) is 0 Å². The van der Waals surface area contributed by atoms with Crippen molar-refractivity contribution in [2.75, 3.05) is 13.1 Å². The van der Waals surface area contributed by atoms with Gasteiger partial charge in [-0.3, -0.25) is 0 Å². The van der Waals surface area contributed by atoms with Crippen LogP contribution in [0.3, 0.4) is 0 Å². The highest BCUT2D eigenvalue weighted by atomic mass is 32.1. The minimum atomic E-state index is 0.369. The average Bonchev–Trinajstić information content (AvgIpc) is 2.81. The molecule has 0 aliphatic carbocycles. The summed E-state index contributed by atoms with van der Waals surface area (Å²) in [5, 5.41) is 7.90. The van der Waals surface area contributed by atoms with Gasteiger partial charge in [-0.2, -0.15) is 11.3 Å². The molecule has 1 fully saturated rings. The summed E-state index contributed by atoms with van der Waals surface area (Å²) in [7, 11) is 0. The van der Waals surface area contributed by atoms with E-state index in [4.69, 9.17) is 0 Å². The van der Waals surface area contributed by atoms with Gasteiger partial charge in [0.25, 0.3) is 0 Å². The quantitative estimate of drug-likeness (QED) is 0.883. The van der Waals surface area contributed by atoms with Gasteiger partial charge >= 0.3 is 0 Å². The van der Waals surface area contributed by atoms with Crippen molar-refractivity contribution in [3.63, 3.8) is 0 Å². The van der Waals surface area contributed by atoms with Crippen LogP contribution < -0.4 is 5.32 Å². The normalized spacial score (nSPS) is 17.4. The minimum Gasteiger partial charge on any atom is -0.315 e. The maximum Gasteiger partial charge on any atom is 0.0206 e. The van der Waals surface area contributed by atoms with E-state index in [-0.39, 0.29) is 0 Å². The maximum atomic E-state index is 3.45. The predicted octanol–water partition coefficient (Wildman–Crippen LogP) is 3.53. The molecule has 0 bridgehead atoms. The van der Waals surface area contributed by atoms with Crippen molar-refractivity contribution in [2.45, 2.75) is 25.2 Å². The van der Waals surface area contributed by atoms with Crippen molar-refractivity contribution in [1.82, 2.24) is 5.32 Å². The molecule has 18 heavy (non-hydrogen) atoms. The Labute approximate surface area is 113 Å². The SMILES string of the molecule is Cc1cccc(C2(CCc3ccsc3)CNC2)c1. The molecule has 94 valence electrons. The summed E-state index contributed by atoms with van der Waals surface area (Å²) >= 11 is 1.80. The van der Waals surface area contributed by atoms with Crippen LogP contribution >= 0.6 is 11.3 Å². The molecule has 1 aromatic carbocycles. The molecule has 3 rings (SSSR count). The van der Waals surface area contributed by atoms with E-state index in [2.05, 4.69) is 53.3 Å². The third-order valence-electron chi connectivity index (χ3n) is 4.03. The first-order valence-electron chi connectivity index (χ1n) is 6.57. The van der Waals surface area contributed by atoms with E-state index < -0.39 is 0 Å². The Kier molecular flexibility index (Phi) is 3.23. The highest BCUT2D eigenvalue weighted by molar-refractivity contribution is 7.07. The molecule has 0 atom stereocenters. The van der Waals surface area contributed by atoms with Gasteiger partial charge in [-0.1, -0.05) is 29.8 Å². The molecule has 1 aliphatic rings. The highest BCUT2D eigenvalue weighted by Crippen LogP contribution is 2.34. The van der Waals surface area contributed by atoms with Gasteiger partial charge in [0, 0.05) is 18.5 Å². The van der Waals surface area contributed by atoms with Crippen LogP contribution in [0.5, 0.6) is 0 Å². The Morgan fingerprint density at radius 3 is 2.78 bits per heavy atom. The predicted molar refractivity (Wildman–Crippen MR) is 78.4 cm³/mol. The number of rotatable bonds is 4. The van der Waals surface area contributed by atoms with E-state index in [0.717, 1.165) is 13.1 Å². The molecule has 2 heteroatoms. The third kappa shape index (κ3) is 2.23. The second kappa shape index (κ2) is 4.87. The lowest BCUT2D eigenvalue weighted by Gasteiger charge is -2.43. The smallest absolute Gasteiger partial charge is 0.0206 e. The topological polar surface area (TPSA) is 12.0 Å². The van der Waals surface area contributed by atoms with E-state index >= 15 is 0 Å². The number of thiophene rings is 1. The lowest BCUT2D eigenvalue weighted by Crippen LogP contribution is -2.57. The zero-order valence-corrected chi connectivity index (χ0v) is 11.6. The van der Waals surface area contributed by atoms with E-state index in [1.54, 1.807) is 11.3 Å². The fourth-order valence-electron chi connectivity index (χ4n) is 2.75. The molecule has 1 saturated heterocycles. The summed E-state index contributed by atoms with van der Waals surface area (Å²) in [6.45, 7) is 4.43. The van der Waals surface area contributed by atoms with Crippen molar-refractivity contribution < 1.29 is 0 Å². The first-order chi connectivity index (χ1) is 8.78. The van der Waals surface area contributed by atoms with Crippen LogP contribution in [0.1, 0.15) is 23.1 Å². The number of nitrogens with one attached hydrogen (secondary N) is 1. The second-order valence-electron chi connectivity index (χ2n) is 5.38. The fraction of sp³-hybridized carbons (Fsp3) is 0.375. The highest BCUT2D eigenvalue weighted by Gasteiger charge is 2.38. The average molecular weight is 257 g/mol. The van der Waals surface area contributed by atoms with Crippen molar-refractivity contribution in [1.29, 1.82) is 0 Å². The molecule has 2 heterocycles. The summed E-state index contributed by atoms with van der Waals surface area (Å²) in [4.78, 5) is 0. The summed E-state index contributed by atoms with van der Waals surface area (Å²) in [5.74, 6) is 0. The lowest BCUT2D eigenvalue weighted by molar-refractivity contribution is 0.258. The van der Waals surface area contributed by atoms with Crippen LogP contribution in [-0.4, -0.2) is 13.1 Å². The van der Waals surface area contributed by atoms with Gasteiger partial charge in [-0.25, -0.2) is 0 Å². The van der Waals surface area contributed by atoms with Gasteiger partial charge < -0.3 is 5.32 Å². The molecule has 0 amide bonds. The van der Waals surface area contributed by atoms with Gasteiger partial charge in [0.2, 0.25) is 0 Å². The molecule has 0 unspecified atom stereocenters. The van der Waals surface area contributed by atoms with Gasteiger partial charge in [0.1, 0.15) is 0 Å². The standard InChI is InChI=1S/C16H19NS/c1-13-3-2-4-15(9-13)16(11-17-12-16)7-5-14-6-8-18-10-14/h2-4,6,8-10,17H,5,7,11-12H2,1H3. The van der Waals surface area contributed by atoms with Crippen molar-refractivity contribution in [3.8, 4) is 0 Å². The first kappa shape index (κ1) is 11.9. The number of benzene rings is 1. The van der Waals surface area contributed by atoms with E-state index in [0.29, 0.717) is 5.41 Å². The summed E-state index contributed by atoms with van der Waals surface area (Å²) in [5.41, 5.74) is 4.73. The van der Waals surface area contributed by atoms with Crippen LogP contribution in [0.15, 0.2) is 41.1 Å². The molecule has 2 aromatic rings. The van der Waals surface area contributed by atoms with Crippen LogP contribution in [0, 0.1) is 6.92 Å². The number of hydrogen-bond donors (Lipinski definition) is 1. The molecule has 0 saturated carbocycles. The molecule has 1 aromatic heterocycles. The van der Waals surface area contributed by atoms with E-state index in [9.17, 15) is 0 Å². The zero-order valence-electron chi connectivity index (χ0n) is 10.8. The second-order valence-corrected chi connectivity index (χ2v) is 6.16. The third-order valence-corrected chi connectivity index (χ3v) is 4.76. The zero-order chi connectivity index (χ0) is 12.4. The Balaban J connectivity index is 1.78. The van der Waals surface area contributed by atoms with Gasteiger partial charge in [0.15, 0.2) is 0 Å². The minimum absolute atomic E-state index is 0.369. The van der Waals surface area contributed by atoms with Crippen molar-refractivity contribution >= 4 is 11.3 Å². The van der Waals surface area contributed by atoms with E-state index in [1.807, 2.05) is 0 Å². The molecule has 0 spiro atoms. The maximum absolute atomic E-state index is 3.45. The molecule has 1 aliphatic heterocycles. The summed E-state index contributed by atoms with van der Waals surface area (Å²) < 4.78 is 0. The fourth-order valence-corrected chi connectivity index (χ4v) is 3.45. The summed E-state index contributed by atoms with van der Waals surface area (Å²) in [6, 6.07) is 11.3. The number of hydrogen-bond acceptors (Lipinski definition) is 2. The molecule has 1 N–H and O–H groups in total. The van der Waals surface area contributed by atoms with Crippen LogP contribution in [0.2, 0.25) is 0 Å². The van der Waals surface area contributed by atoms with Crippen molar-refractivity contribution in [3.05, 3.63) is 57.8 Å². The van der Waals surface area contributed by atoms with Gasteiger partial charge in [-0.05, 0) is 47.7 Å². The first-order valence-corrected chi connectivity index (χ1v) is 7.52. The summed E-state index contributed by atoms with van der Waals surface area (Å²) in [6.07, 6.45) is 2.44. The van der Waals surface area contributed by atoms with Gasteiger partial charge in [-0.15, -0.1) is 0 Å².